The summed E-state index contributed by atoms with van der Waals surface area (Å²) in [5, 5.41) is 12.5. The van der Waals surface area contributed by atoms with Crippen LogP contribution in [0.2, 0.25) is 0 Å². The molecule has 0 fully saturated rings. The molecule has 1 aliphatic heterocycles. The first-order valence-corrected chi connectivity index (χ1v) is 8.26. The Balaban J connectivity index is 1.94. The summed E-state index contributed by atoms with van der Waals surface area (Å²) in [5.41, 5.74) is 10.0. The molecule has 3 rings (SSSR count). The average Bonchev–Trinajstić information content (AvgIpc) is 2.61. The second-order valence-corrected chi connectivity index (χ2v) is 6.22. The van der Waals surface area contributed by atoms with E-state index in [9.17, 15) is 0 Å². The molecule has 0 aromatic heterocycles. The van der Waals surface area contributed by atoms with Gasteiger partial charge in [0.15, 0.2) is 0 Å². The highest BCUT2D eigenvalue weighted by molar-refractivity contribution is 5.56. The van der Waals surface area contributed by atoms with Crippen LogP contribution in [-0.4, -0.2) is 19.2 Å². The van der Waals surface area contributed by atoms with Crippen LogP contribution in [0.5, 0.6) is 0 Å². The largest absolute Gasteiger partial charge is 0.489 e. The molecular formula is C19H23N3O. The lowest BCUT2D eigenvalue weighted by Gasteiger charge is -2.30. The molecule has 0 bridgehead atoms. The number of nitrogens with one attached hydrogen (secondary N) is 1. The summed E-state index contributed by atoms with van der Waals surface area (Å²) in [6.45, 7) is 3.44. The Labute approximate surface area is 137 Å². The van der Waals surface area contributed by atoms with E-state index in [1.165, 1.54) is 5.57 Å². The number of hydrogen-bond acceptors (Lipinski definition) is 4. The lowest BCUT2D eigenvalue weighted by Crippen LogP contribution is -2.27. The standard InChI is InChI=1S/C19H23N3O/c1-13(10-20)23-19-9-17(8-16-5-6-22-12-18(16)19)15-4-2-3-14(7-15)11-21/h4,7-9,12-13,16,22H,2-3,5-6,10,20H2,1H3. The second-order valence-electron chi connectivity index (χ2n) is 6.22. The molecule has 4 nitrogen and oxygen atoms in total. The molecule has 0 saturated heterocycles. The number of nitrogens with zero attached hydrogens (tertiary/aromatic N) is 1. The third-order valence-corrected chi connectivity index (χ3v) is 4.45. The summed E-state index contributed by atoms with van der Waals surface area (Å²) in [6, 6.07) is 2.29. The van der Waals surface area contributed by atoms with E-state index in [0.29, 0.717) is 12.5 Å². The van der Waals surface area contributed by atoms with Crippen LogP contribution in [0.25, 0.3) is 0 Å². The zero-order valence-corrected chi connectivity index (χ0v) is 13.5. The van der Waals surface area contributed by atoms with E-state index in [1.807, 2.05) is 13.0 Å². The molecule has 1 heterocycles. The molecule has 0 aromatic carbocycles. The van der Waals surface area contributed by atoms with E-state index in [0.717, 1.165) is 48.3 Å². The first kappa shape index (κ1) is 15.6. The summed E-state index contributed by atoms with van der Waals surface area (Å²) in [6.07, 6.45) is 13.5. The summed E-state index contributed by atoms with van der Waals surface area (Å²) >= 11 is 0. The highest BCUT2D eigenvalue weighted by Gasteiger charge is 2.26. The van der Waals surface area contributed by atoms with Crippen LogP contribution in [0.3, 0.4) is 0 Å². The molecule has 3 aliphatic rings. The zero-order chi connectivity index (χ0) is 16.2. The fourth-order valence-electron chi connectivity index (χ4n) is 3.14. The van der Waals surface area contributed by atoms with Crippen molar-refractivity contribution in [3.8, 4) is 6.07 Å². The van der Waals surface area contributed by atoms with Gasteiger partial charge >= 0.3 is 0 Å². The number of rotatable bonds is 4. The van der Waals surface area contributed by atoms with E-state index >= 15 is 0 Å². The molecule has 23 heavy (non-hydrogen) atoms. The third kappa shape index (κ3) is 3.40. The van der Waals surface area contributed by atoms with Crippen LogP contribution in [0.4, 0.5) is 0 Å². The van der Waals surface area contributed by atoms with E-state index in [2.05, 4.69) is 35.8 Å². The smallest absolute Gasteiger partial charge is 0.125 e. The number of allylic oxidation sites excluding steroid dienone is 8. The minimum atomic E-state index is -0.0189. The van der Waals surface area contributed by atoms with Crippen molar-refractivity contribution in [1.82, 2.24) is 5.32 Å². The number of ether oxygens (including phenoxy) is 1. The molecule has 3 N–H and O–H groups in total. The van der Waals surface area contributed by atoms with Crippen molar-refractivity contribution < 1.29 is 4.74 Å². The van der Waals surface area contributed by atoms with E-state index in [-0.39, 0.29) is 6.10 Å². The SMILES string of the molecule is CC(CN)OC1=CC(C2=CCCC(C#N)=C2)=CC2CCNC=C12. The average molecular weight is 309 g/mol. The Morgan fingerprint density at radius 2 is 2.30 bits per heavy atom. The van der Waals surface area contributed by atoms with Gasteiger partial charge in [0.2, 0.25) is 0 Å². The van der Waals surface area contributed by atoms with Crippen molar-refractivity contribution in [2.24, 2.45) is 11.7 Å². The normalized spacial score (nSPS) is 24.6. The molecule has 2 atom stereocenters. The highest BCUT2D eigenvalue weighted by Crippen LogP contribution is 2.37. The molecule has 0 saturated carbocycles. The van der Waals surface area contributed by atoms with Crippen LogP contribution in [-0.2, 0) is 4.74 Å². The number of hydrogen-bond donors (Lipinski definition) is 2. The van der Waals surface area contributed by atoms with Gasteiger partial charge in [-0.25, -0.2) is 0 Å². The van der Waals surface area contributed by atoms with Gasteiger partial charge in [-0.1, -0.05) is 12.2 Å². The fourth-order valence-corrected chi connectivity index (χ4v) is 3.14. The van der Waals surface area contributed by atoms with Gasteiger partial charge in [-0.05, 0) is 49.5 Å². The Morgan fingerprint density at radius 1 is 1.43 bits per heavy atom. The molecule has 0 aromatic rings. The second kappa shape index (κ2) is 6.89. The minimum absolute atomic E-state index is 0.0189. The first-order chi connectivity index (χ1) is 11.2. The summed E-state index contributed by atoms with van der Waals surface area (Å²) in [7, 11) is 0. The Hall–Kier alpha value is -2.25. The van der Waals surface area contributed by atoms with Crippen LogP contribution in [0, 0.1) is 17.2 Å². The predicted molar refractivity (Wildman–Crippen MR) is 91.0 cm³/mol. The lowest BCUT2D eigenvalue weighted by molar-refractivity contribution is 0.140. The van der Waals surface area contributed by atoms with Crippen LogP contribution in [0.1, 0.15) is 26.2 Å². The Bertz CT molecular complexity index is 673. The first-order valence-electron chi connectivity index (χ1n) is 8.26. The van der Waals surface area contributed by atoms with Gasteiger partial charge in [-0.2, -0.15) is 5.26 Å². The van der Waals surface area contributed by atoms with E-state index in [1.54, 1.807) is 0 Å². The molecule has 2 aliphatic carbocycles. The quantitative estimate of drug-likeness (QED) is 0.837. The van der Waals surface area contributed by atoms with Gasteiger partial charge in [-0.15, -0.1) is 0 Å². The minimum Gasteiger partial charge on any atom is -0.489 e. The van der Waals surface area contributed by atoms with Crippen molar-refractivity contribution in [2.75, 3.05) is 13.1 Å². The number of nitriles is 1. The van der Waals surface area contributed by atoms with Crippen LogP contribution < -0.4 is 11.1 Å². The lowest BCUT2D eigenvalue weighted by atomic mass is 9.82. The molecular weight excluding hydrogens is 286 g/mol. The van der Waals surface area contributed by atoms with Crippen molar-refractivity contribution in [3.05, 3.63) is 58.6 Å². The summed E-state index contributed by atoms with van der Waals surface area (Å²) in [4.78, 5) is 0. The number of fused-ring (bicyclic) bond motifs is 1. The molecule has 4 heteroatoms. The molecule has 120 valence electrons. The summed E-state index contributed by atoms with van der Waals surface area (Å²) in [5.74, 6) is 1.26. The number of nitrogens with two attached hydrogens (primary N) is 1. The zero-order valence-electron chi connectivity index (χ0n) is 13.5. The van der Waals surface area contributed by atoms with Gasteiger partial charge < -0.3 is 15.8 Å². The maximum atomic E-state index is 9.16. The fraction of sp³-hybridized carbons (Fsp3) is 0.421. The van der Waals surface area contributed by atoms with Crippen LogP contribution >= 0.6 is 0 Å². The Kier molecular flexibility index (Phi) is 4.68. The Morgan fingerprint density at radius 3 is 3.09 bits per heavy atom. The third-order valence-electron chi connectivity index (χ3n) is 4.45. The molecule has 0 radical (unpaired) electrons. The van der Waals surface area contributed by atoms with Gasteiger partial charge in [-0.3, -0.25) is 0 Å². The van der Waals surface area contributed by atoms with Gasteiger partial charge in [0.25, 0.3) is 0 Å². The maximum absolute atomic E-state index is 9.16. The molecule has 2 unspecified atom stereocenters. The molecule has 0 spiro atoms. The van der Waals surface area contributed by atoms with Gasteiger partial charge in [0, 0.05) is 36.4 Å². The van der Waals surface area contributed by atoms with Crippen molar-refractivity contribution in [2.45, 2.75) is 32.3 Å². The highest BCUT2D eigenvalue weighted by atomic mass is 16.5. The van der Waals surface area contributed by atoms with Crippen molar-refractivity contribution in [3.63, 3.8) is 0 Å². The monoisotopic (exact) mass is 309 g/mol. The summed E-state index contributed by atoms with van der Waals surface area (Å²) < 4.78 is 6.06. The van der Waals surface area contributed by atoms with Crippen molar-refractivity contribution in [1.29, 1.82) is 5.26 Å². The van der Waals surface area contributed by atoms with Crippen LogP contribution in [0.15, 0.2) is 58.6 Å². The van der Waals surface area contributed by atoms with Gasteiger partial charge in [0.05, 0.1) is 6.07 Å². The topological polar surface area (TPSA) is 71.1 Å². The van der Waals surface area contributed by atoms with Crippen molar-refractivity contribution >= 4 is 0 Å². The van der Waals surface area contributed by atoms with Gasteiger partial charge in [0.1, 0.15) is 11.9 Å². The predicted octanol–water partition coefficient (Wildman–Crippen LogP) is 2.84. The van der Waals surface area contributed by atoms with E-state index < -0.39 is 0 Å². The molecule has 0 amide bonds. The van der Waals surface area contributed by atoms with E-state index in [4.69, 9.17) is 15.7 Å². The maximum Gasteiger partial charge on any atom is 0.125 e.